The highest BCUT2D eigenvalue weighted by Crippen LogP contribution is 2.31. The lowest BCUT2D eigenvalue weighted by molar-refractivity contribution is -0.121. The number of carbonyl (C=O) groups excluding carboxylic acids is 1. The van der Waals surface area contributed by atoms with E-state index in [1.54, 1.807) is 31.1 Å². The number of nitrogens with zero attached hydrogens (tertiary/aromatic N) is 2. The van der Waals surface area contributed by atoms with Crippen molar-refractivity contribution in [2.24, 2.45) is 0 Å². The second kappa shape index (κ2) is 8.39. The van der Waals surface area contributed by atoms with Crippen molar-refractivity contribution in [3.05, 3.63) is 66.2 Å². The lowest BCUT2D eigenvalue weighted by atomic mass is 10.1. The fraction of sp³-hybridized carbons (Fsp3) is 0.158. The summed E-state index contributed by atoms with van der Waals surface area (Å²) in [6.45, 7) is 0.354. The van der Waals surface area contributed by atoms with E-state index >= 15 is 0 Å². The van der Waals surface area contributed by atoms with Gasteiger partial charge >= 0.3 is 0 Å². The Balaban J connectivity index is 1.83. The van der Waals surface area contributed by atoms with E-state index in [0.717, 1.165) is 24.0 Å². The van der Waals surface area contributed by atoms with Gasteiger partial charge in [0.05, 0.1) is 7.14 Å². The van der Waals surface area contributed by atoms with E-state index in [-0.39, 0.29) is 11.7 Å². The van der Waals surface area contributed by atoms with E-state index in [4.69, 9.17) is 17.0 Å². The lowest BCUT2D eigenvalue weighted by Crippen LogP contribution is -2.26. The fourth-order valence-electron chi connectivity index (χ4n) is 2.58. The molecule has 27 heavy (non-hydrogen) atoms. The Hall–Kier alpha value is -1.27. The monoisotopic (exact) mass is 608 g/mol. The van der Waals surface area contributed by atoms with Gasteiger partial charge in [-0.25, -0.2) is 4.39 Å². The zero-order valence-electron chi connectivity index (χ0n) is 14.5. The molecule has 2 aromatic rings. The van der Waals surface area contributed by atoms with E-state index in [1.165, 1.54) is 17.0 Å². The van der Waals surface area contributed by atoms with Crippen LogP contribution in [0.1, 0.15) is 11.1 Å². The molecule has 0 saturated carbocycles. The van der Waals surface area contributed by atoms with Crippen LogP contribution in [0, 0.1) is 13.0 Å². The maximum atomic E-state index is 13.0. The van der Waals surface area contributed by atoms with E-state index in [2.05, 4.69) is 45.2 Å². The second-order valence-electron chi connectivity index (χ2n) is 5.96. The third-order valence-corrected chi connectivity index (χ3v) is 6.23. The predicted molar refractivity (Wildman–Crippen MR) is 124 cm³/mol. The first-order valence-corrected chi connectivity index (χ1v) is 10.5. The van der Waals surface area contributed by atoms with Crippen molar-refractivity contribution in [3.63, 3.8) is 0 Å². The largest absolute Gasteiger partial charge is 0.487 e. The molecule has 0 radical (unpaired) electrons. The van der Waals surface area contributed by atoms with Crippen LogP contribution in [0.2, 0.25) is 0 Å². The summed E-state index contributed by atoms with van der Waals surface area (Å²) in [6, 6.07) is 10.2. The molecule has 1 aliphatic heterocycles. The lowest BCUT2D eigenvalue weighted by Gasteiger charge is -2.13. The number of carbonyl (C=O) groups is 1. The van der Waals surface area contributed by atoms with Crippen LogP contribution in [-0.4, -0.2) is 34.9 Å². The van der Waals surface area contributed by atoms with Crippen molar-refractivity contribution in [2.45, 2.75) is 6.61 Å². The van der Waals surface area contributed by atoms with Crippen LogP contribution in [0.15, 0.2) is 42.1 Å². The molecule has 0 aromatic heterocycles. The van der Waals surface area contributed by atoms with E-state index in [1.807, 2.05) is 18.2 Å². The van der Waals surface area contributed by atoms with Gasteiger partial charge in [-0.3, -0.25) is 9.69 Å². The number of benzene rings is 2. The molecule has 3 rings (SSSR count). The van der Waals surface area contributed by atoms with Gasteiger partial charge in [-0.2, -0.15) is 0 Å². The molecule has 0 N–H and O–H groups in total. The quantitative estimate of drug-likeness (QED) is 0.288. The van der Waals surface area contributed by atoms with Gasteiger partial charge in [0.1, 0.15) is 23.9 Å². The van der Waals surface area contributed by atoms with Gasteiger partial charge in [0.15, 0.2) is 5.11 Å². The van der Waals surface area contributed by atoms with E-state index in [9.17, 15) is 9.18 Å². The topological polar surface area (TPSA) is 32.8 Å². The molecule has 0 spiro atoms. The smallest absolute Gasteiger partial charge is 0.276 e. The van der Waals surface area contributed by atoms with Crippen LogP contribution in [-0.2, 0) is 11.4 Å². The molecule has 140 valence electrons. The van der Waals surface area contributed by atoms with Crippen LogP contribution < -0.4 is 4.74 Å². The van der Waals surface area contributed by atoms with Crippen molar-refractivity contribution in [1.82, 2.24) is 9.80 Å². The van der Waals surface area contributed by atoms with Crippen molar-refractivity contribution < 1.29 is 13.9 Å². The van der Waals surface area contributed by atoms with Crippen LogP contribution in [0.5, 0.6) is 5.75 Å². The molecule has 1 saturated heterocycles. The van der Waals surface area contributed by atoms with Gasteiger partial charge in [-0.1, -0.05) is 12.1 Å². The summed E-state index contributed by atoms with van der Waals surface area (Å²) >= 11 is 9.66. The van der Waals surface area contributed by atoms with Gasteiger partial charge in [-0.15, -0.1) is 0 Å². The Morgan fingerprint density at radius 3 is 2.22 bits per heavy atom. The molecule has 1 fully saturated rings. The van der Waals surface area contributed by atoms with Crippen LogP contribution in [0.4, 0.5) is 4.39 Å². The normalized spacial score (nSPS) is 15.8. The minimum atomic E-state index is -0.267. The summed E-state index contributed by atoms with van der Waals surface area (Å²) < 4.78 is 20.8. The first-order chi connectivity index (χ1) is 12.8. The highest BCUT2D eigenvalue weighted by atomic mass is 127. The average Bonchev–Trinajstić information content (AvgIpc) is 2.80. The van der Waals surface area contributed by atoms with Crippen molar-refractivity contribution in [2.75, 3.05) is 14.1 Å². The molecular weight excluding hydrogens is 593 g/mol. The second-order valence-corrected chi connectivity index (χ2v) is 8.65. The Kier molecular flexibility index (Phi) is 6.36. The van der Waals surface area contributed by atoms with Crippen molar-refractivity contribution in [1.29, 1.82) is 0 Å². The number of halogens is 3. The molecule has 0 aliphatic carbocycles. The van der Waals surface area contributed by atoms with Gasteiger partial charge in [0, 0.05) is 14.1 Å². The molecular formula is C19H15FI2N2O2S. The minimum Gasteiger partial charge on any atom is -0.487 e. The van der Waals surface area contributed by atoms with E-state index < -0.39 is 0 Å². The van der Waals surface area contributed by atoms with Crippen LogP contribution >= 0.6 is 57.4 Å². The fourth-order valence-corrected chi connectivity index (χ4v) is 4.89. The number of hydrogen-bond acceptors (Lipinski definition) is 3. The summed E-state index contributed by atoms with van der Waals surface area (Å²) in [4.78, 5) is 15.5. The molecule has 0 unspecified atom stereocenters. The first kappa shape index (κ1) is 20.5. The molecule has 8 heteroatoms. The van der Waals surface area contributed by atoms with Crippen LogP contribution in [0.3, 0.4) is 0 Å². The SMILES string of the molecule is CN1C(=O)/C(=C/c2cc(I)c(OCc3ccc(F)cc3)c(I)c2)N(C)C1=S. The molecule has 1 aliphatic rings. The number of amides is 1. The molecule has 0 atom stereocenters. The van der Waals surface area contributed by atoms with Gasteiger partial charge in [-0.05, 0) is 98.9 Å². The maximum absolute atomic E-state index is 13.0. The Morgan fingerprint density at radius 1 is 1.11 bits per heavy atom. The molecule has 0 bridgehead atoms. The molecule has 1 amide bonds. The zero-order chi connectivity index (χ0) is 19.7. The highest BCUT2D eigenvalue weighted by Gasteiger charge is 2.32. The third-order valence-electron chi connectivity index (χ3n) is 4.08. The summed E-state index contributed by atoms with van der Waals surface area (Å²) in [5.74, 6) is 0.377. The number of ether oxygens (including phenoxy) is 1. The minimum absolute atomic E-state index is 0.121. The molecule has 1 heterocycles. The third kappa shape index (κ3) is 4.43. The summed E-state index contributed by atoms with van der Waals surface area (Å²) in [5.41, 5.74) is 2.32. The maximum Gasteiger partial charge on any atom is 0.276 e. The van der Waals surface area contributed by atoms with Crippen LogP contribution in [0.25, 0.3) is 6.08 Å². The Bertz CT molecular complexity index is 924. The number of rotatable bonds is 4. The van der Waals surface area contributed by atoms with Gasteiger partial charge in [0.2, 0.25) is 0 Å². The van der Waals surface area contributed by atoms with Gasteiger partial charge in [0.25, 0.3) is 5.91 Å². The summed E-state index contributed by atoms with van der Waals surface area (Å²) in [6.07, 6.45) is 1.83. The standard InChI is InChI=1S/C19H15FI2N2O2S/c1-23-16(18(25)24(2)19(23)27)9-12-7-14(21)17(15(22)8-12)26-10-11-3-5-13(20)6-4-11/h3-9H,10H2,1-2H3/b16-9-. The Labute approximate surface area is 189 Å². The number of likely N-dealkylation sites (N-methyl/N-ethyl adjacent to an activating group) is 2. The number of hydrogen-bond donors (Lipinski definition) is 0. The number of thiocarbonyl (C=S) groups is 1. The van der Waals surface area contributed by atoms with E-state index in [0.29, 0.717) is 17.4 Å². The van der Waals surface area contributed by atoms with Gasteiger partial charge < -0.3 is 9.64 Å². The Morgan fingerprint density at radius 2 is 1.70 bits per heavy atom. The summed E-state index contributed by atoms with van der Waals surface area (Å²) in [7, 11) is 3.45. The average molecular weight is 608 g/mol. The molecule has 4 nitrogen and oxygen atoms in total. The summed E-state index contributed by atoms with van der Waals surface area (Å²) in [5, 5.41) is 0.481. The molecule has 2 aromatic carbocycles. The zero-order valence-corrected chi connectivity index (χ0v) is 19.6. The van der Waals surface area contributed by atoms with Crippen molar-refractivity contribution in [3.8, 4) is 5.75 Å². The first-order valence-electron chi connectivity index (χ1n) is 7.91. The van der Waals surface area contributed by atoms with Crippen molar-refractivity contribution >= 4 is 74.5 Å². The highest BCUT2D eigenvalue weighted by molar-refractivity contribution is 14.1. The predicted octanol–water partition coefficient (Wildman–Crippen LogP) is 4.64.